The number of aryl methyl sites for hydroxylation is 2. The quantitative estimate of drug-likeness (QED) is 0.454. The molecule has 9 heteroatoms. The zero-order valence-electron chi connectivity index (χ0n) is 22.2. The number of carbonyl (C=O) groups is 3. The van der Waals surface area contributed by atoms with Crippen LogP contribution >= 0.6 is 11.3 Å². The Balaban J connectivity index is 1.43. The van der Waals surface area contributed by atoms with Crippen LogP contribution in [0.1, 0.15) is 55.4 Å². The summed E-state index contributed by atoms with van der Waals surface area (Å²) in [6, 6.07) is 11.5. The number of hydrogen-bond donors (Lipinski definition) is 2. The van der Waals surface area contributed by atoms with E-state index in [2.05, 4.69) is 15.3 Å². The van der Waals surface area contributed by atoms with Crippen LogP contribution in [-0.4, -0.2) is 62.3 Å². The molecule has 1 saturated heterocycles. The third-order valence-corrected chi connectivity index (χ3v) is 7.82. The van der Waals surface area contributed by atoms with Crippen molar-refractivity contribution in [3.8, 4) is 10.4 Å². The Morgan fingerprint density at radius 1 is 1.13 bits per heavy atom. The predicted octanol–water partition coefficient (Wildman–Crippen LogP) is 3.82. The molecule has 0 saturated carbocycles. The van der Waals surface area contributed by atoms with Crippen molar-refractivity contribution in [3.05, 3.63) is 71.1 Å². The van der Waals surface area contributed by atoms with Crippen LogP contribution in [0, 0.1) is 12.3 Å². The van der Waals surface area contributed by atoms with Gasteiger partial charge in [0.2, 0.25) is 5.91 Å². The number of likely N-dealkylation sites (tertiary alicyclic amines) is 1. The molecular formula is C29H34N4O4S. The molecule has 3 atom stereocenters. The summed E-state index contributed by atoms with van der Waals surface area (Å²) in [6.07, 6.45) is 1.71. The SMILES string of the molecule is Cc1ncsc1-c1ccc(CCC(=O)[C@@H]2C[C@@H](O)CN2C(=O)[C@@H](NC(=O)c2ccccn2)C(C)(C)C)cc1. The van der Waals surface area contributed by atoms with Crippen LogP contribution in [0.15, 0.2) is 54.2 Å². The molecule has 0 unspecified atom stereocenters. The summed E-state index contributed by atoms with van der Waals surface area (Å²) in [6.45, 7) is 7.61. The number of amides is 2. The van der Waals surface area contributed by atoms with Gasteiger partial charge < -0.3 is 15.3 Å². The van der Waals surface area contributed by atoms with Crippen molar-refractivity contribution in [2.24, 2.45) is 5.41 Å². The Labute approximate surface area is 227 Å². The highest BCUT2D eigenvalue weighted by molar-refractivity contribution is 7.13. The van der Waals surface area contributed by atoms with Crippen LogP contribution in [0.25, 0.3) is 10.4 Å². The molecule has 2 N–H and O–H groups in total. The van der Waals surface area contributed by atoms with E-state index in [4.69, 9.17) is 0 Å². The lowest BCUT2D eigenvalue weighted by Crippen LogP contribution is -2.56. The number of aliphatic hydroxyl groups is 1. The lowest BCUT2D eigenvalue weighted by atomic mass is 9.85. The first-order valence-electron chi connectivity index (χ1n) is 12.8. The summed E-state index contributed by atoms with van der Waals surface area (Å²) >= 11 is 1.60. The van der Waals surface area contributed by atoms with E-state index in [9.17, 15) is 19.5 Å². The van der Waals surface area contributed by atoms with Crippen molar-refractivity contribution in [2.75, 3.05) is 6.54 Å². The van der Waals surface area contributed by atoms with Crippen LogP contribution in [0.5, 0.6) is 0 Å². The minimum atomic E-state index is -0.889. The molecule has 200 valence electrons. The van der Waals surface area contributed by atoms with Gasteiger partial charge in [-0.3, -0.25) is 19.4 Å². The van der Waals surface area contributed by atoms with Crippen molar-refractivity contribution in [3.63, 3.8) is 0 Å². The van der Waals surface area contributed by atoms with E-state index < -0.39 is 29.5 Å². The molecule has 1 aliphatic heterocycles. The third kappa shape index (κ3) is 6.34. The van der Waals surface area contributed by atoms with E-state index in [0.717, 1.165) is 21.7 Å². The van der Waals surface area contributed by atoms with Gasteiger partial charge in [-0.15, -0.1) is 11.3 Å². The van der Waals surface area contributed by atoms with Crippen LogP contribution < -0.4 is 5.32 Å². The molecule has 1 aromatic carbocycles. The molecule has 0 radical (unpaired) electrons. The second kappa shape index (κ2) is 11.5. The van der Waals surface area contributed by atoms with Gasteiger partial charge in [0.15, 0.2) is 5.78 Å². The Kier molecular flexibility index (Phi) is 8.38. The molecule has 2 aromatic heterocycles. The van der Waals surface area contributed by atoms with Gasteiger partial charge >= 0.3 is 0 Å². The highest BCUT2D eigenvalue weighted by atomic mass is 32.1. The maximum atomic E-state index is 13.7. The maximum absolute atomic E-state index is 13.7. The Morgan fingerprint density at radius 2 is 1.87 bits per heavy atom. The zero-order valence-corrected chi connectivity index (χ0v) is 23.0. The Bertz CT molecular complexity index is 1280. The van der Waals surface area contributed by atoms with Gasteiger partial charge in [-0.2, -0.15) is 0 Å². The standard InChI is InChI=1S/C29H34N4O4S/c1-18-25(38-17-31-18)20-11-8-19(9-12-20)10-13-24(35)23-15-21(34)16-33(23)28(37)26(29(2,3)4)32-27(36)22-7-5-6-14-30-22/h5-9,11-12,14,17,21,23,26,34H,10,13,15-16H2,1-4H3,(H,32,36)/t21-,23+,26-/m1/s1. The molecule has 4 rings (SSSR count). The molecule has 0 bridgehead atoms. The first kappa shape index (κ1) is 27.6. The topological polar surface area (TPSA) is 112 Å². The number of rotatable bonds is 8. The predicted molar refractivity (Wildman–Crippen MR) is 147 cm³/mol. The monoisotopic (exact) mass is 534 g/mol. The van der Waals surface area contributed by atoms with Gasteiger partial charge in [-0.05, 0) is 42.0 Å². The molecule has 1 fully saturated rings. The number of pyridine rings is 1. The van der Waals surface area contributed by atoms with E-state index in [1.165, 1.54) is 11.1 Å². The molecular weight excluding hydrogens is 500 g/mol. The number of aromatic nitrogens is 2. The fourth-order valence-corrected chi connectivity index (χ4v) is 5.53. The molecule has 0 spiro atoms. The van der Waals surface area contributed by atoms with Crippen molar-refractivity contribution < 1.29 is 19.5 Å². The van der Waals surface area contributed by atoms with Crippen molar-refractivity contribution in [1.29, 1.82) is 0 Å². The lowest BCUT2D eigenvalue weighted by Gasteiger charge is -2.35. The van der Waals surface area contributed by atoms with E-state index in [0.29, 0.717) is 6.42 Å². The lowest BCUT2D eigenvalue weighted by molar-refractivity contribution is -0.141. The Hall–Kier alpha value is -3.43. The van der Waals surface area contributed by atoms with E-state index in [1.807, 2.05) is 57.5 Å². The summed E-state index contributed by atoms with van der Waals surface area (Å²) in [5, 5.41) is 13.2. The smallest absolute Gasteiger partial charge is 0.270 e. The highest BCUT2D eigenvalue weighted by Gasteiger charge is 2.44. The Morgan fingerprint density at radius 3 is 2.47 bits per heavy atom. The van der Waals surface area contributed by atoms with Crippen LogP contribution in [0.2, 0.25) is 0 Å². The number of thiazole rings is 1. The fourth-order valence-electron chi connectivity index (χ4n) is 4.72. The van der Waals surface area contributed by atoms with Gasteiger partial charge in [0.25, 0.3) is 5.91 Å². The largest absolute Gasteiger partial charge is 0.391 e. The number of ketones is 1. The van der Waals surface area contributed by atoms with Crippen LogP contribution in [0.4, 0.5) is 0 Å². The van der Waals surface area contributed by atoms with Crippen LogP contribution in [-0.2, 0) is 16.0 Å². The second-order valence-electron chi connectivity index (χ2n) is 10.8. The number of β-amino-alcohol motifs (C(OH)–C–C–N with tert-alkyl or cyclic N) is 1. The fraction of sp³-hybridized carbons (Fsp3) is 0.414. The van der Waals surface area contributed by atoms with Gasteiger partial charge in [0.05, 0.1) is 28.2 Å². The van der Waals surface area contributed by atoms with Crippen molar-refractivity contribution in [1.82, 2.24) is 20.2 Å². The maximum Gasteiger partial charge on any atom is 0.270 e. The number of benzene rings is 1. The number of nitrogens with zero attached hydrogens (tertiary/aromatic N) is 3. The van der Waals surface area contributed by atoms with Gasteiger partial charge in [0, 0.05) is 25.6 Å². The number of Topliss-reactive ketones (excluding diaryl/α,β-unsaturated/α-hetero) is 1. The normalized spacial score (nSPS) is 18.3. The summed E-state index contributed by atoms with van der Waals surface area (Å²) in [4.78, 5) is 50.7. The molecule has 38 heavy (non-hydrogen) atoms. The average molecular weight is 535 g/mol. The van der Waals surface area contributed by atoms with E-state index in [-0.39, 0.29) is 36.8 Å². The summed E-state index contributed by atoms with van der Waals surface area (Å²) in [5.41, 5.74) is 4.52. The van der Waals surface area contributed by atoms with Gasteiger partial charge in [-0.1, -0.05) is 51.1 Å². The number of nitrogens with one attached hydrogen (secondary N) is 1. The molecule has 3 heterocycles. The first-order chi connectivity index (χ1) is 18.0. The molecule has 3 aromatic rings. The number of hydrogen-bond acceptors (Lipinski definition) is 7. The first-order valence-corrected chi connectivity index (χ1v) is 13.6. The van der Waals surface area contributed by atoms with Crippen LogP contribution in [0.3, 0.4) is 0 Å². The molecule has 2 amide bonds. The summed E-state index contributed by atoms with van der Waals surface area (Å²) in [7, 11) is 0. The molecule has 1 aliphatic rings. The van der Waals surface area contributed by atoms with Crippen molar-refractivity contribution >= 4 is 28.9 Å². The van der Waals surface area contributed by atoms with Gasteiger partial charge in [0.1, 0.15) is 11.7 Å². The van der Waals surface area contributed by atoms with Gasteiger partial charge in [-0.25, -0.2) is 4.98 Å². The van der Waals surface area contributed by atoms with Crippen molar-refractivity contribution in [2.45, 2.75) is 65.1 Å². The molecule has 0 aliphatic carbocycles. The summed E-state index contributed by atoms with van der Waals surface area (Å²) < 4.78 is 0. The average Bonchev–Trinajstić information content (AvgIpc) is 3.50. The second-order valence-corrected chi connectivity index (χ2v) is 11.7. The highest BCUT2D eigenvalue weighted by Crippen LogP contribution is 2.29. The minimum absolute atomic E-state index is 0.0597. The third-order valence-electron chi connectivity index (χ3n) is 6.84. The zero-order chi connectivity index (χ0) is 27.4. The van der Waals surface area contributed by atoms with E-state index >= 15 is 0 Å². The number of carbonyl (C=O) groups excluding carboxylic acids is 3. The molecule has 8 nitrogen and oxygen atoms in total. The number of aliphatic hydroxyl groups excluding tert-OH is 1. The summed E-state index contributed by atoms with van der Waals surface area (Å²) in [5.74, 6) is -0.930. The van der Waals surface area contributed by atoms with E-state index in [1.54, 1.807) is 29.5 Å². The minimum Gasteiger partial charge on any atom is -0.391 e.